The lowest BCUT2D eigenvalue weighted by Gasteiger charge is -2.14. The van der Waals surface area contributed by atoms with E-state index in [1.807, 2.05) is 12.1 Å². The van der Waals surface area contributed by atoms with Crippen LogP contribution >= 0.6 is 0 Å². The summed E-state index contributed by atoms with van der Waals surface area (Å²) in [7, 11) is 0. The predicted octanol–water partition coefficient (Wildman–Crippen LogP) is 2.04. The molecule has 2 heterocycles. The standard InChI is InChI=1S/C12H17NO2/c1-2-10-5-6-11(9-14)13(10)8-12-4-3-7-15-12/h5-6,9,12H,2-4,7-8H2,1H3/t12-/m1/s1. The molecule has 0 aromatic carbocycles. The van der Waals surface area contributed by atoms with Crippen LogP contribution in [0.4, 0.5) is 0 Å². The maximum Gasteiger partial charge on any atom is 0.166 e. The normalized spacial score (nSPS) is 20.7. The number of ether oxygens (including phenoxy) is 1. The van der Waals surface area contributed by atoms with E-state index in [0.717, 1.165) is 44.4 Å². The van der Waals surface area contributed by atoms with Gasteiger partial charge in [-0.3, -0.25) is 4.79 Å². The number of carbonyl (C=O) groups is 1. The maximum atomic E-state index is 10.9. The van der Waals surface area contributed by atoms with E-state index >= 15 is 0 Å². The van der Waals surface area contributed by atoms with E-state index in [0.29, 0.717) is 6.10 Å². The molecule has 0 aliphatic carbocycles. The fraction of sp³-hybridized carbons (Fsp3) is 0.583. The molecule has 1 fully saturated rings. The molecule has 1 saturated heterocycles. The quantitative estimate of drug-likeness (QED) is 0.707. The van der Waals surface area contributed by atoms with Crippen molar-refractivity contribution < 1.29 is 9.53 Å². The second-order valence-electron chi connectivity index (χ2n) is 3.97. The van der Waals surface area contributed by atoms with Crippen molar-refractivity contribution in [1.82, 2.24) is 4.57 Å². The van der Waals surface area contributed by atoms with Crippen LogP contribution in [0.2, 0.25) is 0 Å². The van der Waals surface area contributed by atoms with Gasteiger partial charge in [0, 0.05) is 18.8 Å². The number of hydrogen-bond acceptors (Lipinski definition) is 2. The number of rotatable bonds is 4. The van der Waals surface area contributed by atoms with Gasteiger partial charge in [0.15, 0.2) is 6.29 Å². The zero-order valence-electron chi connectivity index (χ0n) is 9.11. The first-order chi connectivity index (χ1) is 7.35. The molecule has 82 valence electrons. The Morgan fingerprint density at radius 2 is 2.47 bits per heavy atom. The molecule has 3 nitrogen and oxygen atoms in total. The molecule has 15 heavy (non-hydrogen) atoms. The van der Waals surface area contributed by atoms with Crippen molar-refractivity contribution in [3.05, 3.63) is 23.5 Å². The molecule has 0 radical (unpaired) electrons. The number of nitrogens with zero attached hydrogens (tertiary/aromatic N) is 1. The molecule has 0 saturated carbocycles. The molecule has 1 aromatic heterocycles. The van der Waals surface area contributed by atoms with Crippen LogP contribution in [0.15, 0.2) is 12.1 Å². The van der Waals surface area contributed by atoms with E-state index in [9.17, 15) is 4.79 Å². The first kappa shape index (κ1) is 10.4. The number of hydrogen-bond donors (Lipinski definition) is 0. The SMILES string of the molecule is CCc1ccc(C=O)n1C[C@H]1CCCO1. The van der Waals surface area contributed by atoms with Crippen molar-refractivity contribution in [2.24, 2.45) is 0 Å². The monoisotopic (exact) mass is 207 g/mol. The summed E-state index contributed by atoms with van der Waals surface area (Å²) in [5.74, 6) is 0. The van der Waals surface area contributed by atoms with E-state index in [-0.39, 0.29) is 0 Å². The third kappa shape index (κ3) is 2.12. The fourth-order valence-electron chi connectivity index (χ4n) is 2.15. The first-order valence-corrected chi connectivity index (χ1v) is 5.60. The Balaban J connectivity index is 2.16. The maximum absolute atomic E-state index is 10.9. The van der Waals surface area contributed by atoms with Crippen molar-refractivity contribution in [3.8, 4) is 0 Å². The summed E-state index contributed by atoms with van der Waals surface area (Å²) in [6.07, 6.45) is 4.43. The highest BCUT2D eigenvalue weighted by Gasteiger charge is 2.18. The average molecular weight is 207 g/mol. The fourth-order valence-corrected chi connectivity index (χ4v) is 2.15. The van der Waals surface area contributed by atoms with Crippen LogP contribution < -0.4 is 0 Å². The Labute approximate surface area is 90.0 Å². The molecular formula is C12H17NO2. The Hall–Kier alpha value is -1.09. The molecule has 0 spiro atoms. The van der Waals surface area contributed by atoms with Gasteiger partial charge in [-0.05, 0) is 31.4 Å². The van der Waals surface area contributed by atoms with Crippen LogP contribution in [-0.2, 0) is 17.7 Å². The Morgan fingerprint density at radius 1 is 1.60 bits per heavy atom. The lowest BCUT2D eigenvalue weighted by molar-refractivity contribution is 0.0946. The van der Waals surface area contributed by atoms with Gasteiger partial charge in [0.1, 0.15) is 0 Å². The van der Waals surface area contributed by atoms with Gasteiger partial charge in [-0.25, -0.2) is 0 Å². The van der Waals surface area contributed by atoms with Crippen LogP contribution in [0.1, 0.15) is 35.9 Å². The minimum Gasteiger partial charge on any atom is -0.376 e. The second kappa shape index (κ2) is 4.62. The van der Waals surface area contributed by atoms with Crippen LogP contribution in [0.3, 0.4) is 0 Å². The zero-order valence-corrected chi connectivity index (χ0v) is 9.11. The number of carbonyl (C=O) groups excluding carboxylic acids is 1. The van der Waals surface area contributed by atoms with Crippen molar-refractivity contribution in [2.75, 3.05) is 6.61 Å². The van der Waals surface area contributed by atoms with E-state index in [2.05, 4.69) is 11.5 Å². The van der Waals surface area contributed by atoms with Crippen molar-refractivity contribution in [2.45, 2.75) is 38.8 Å². The lowest BCUT2D eigenvalue weighted by atomic mass is 10.2. The molecular weight excluding hydrogens is 190 g/mol. The van der Waals surface area contributed by atoms with Crippen LogP contribution in [0, 0.1) is 0 Å². The average Bonchev–Trinajstić information content (AvgIpc) is 2.87. The molecule has 3 heteroatoms. The van der Waals surface area contributed by atoms with E-state index < -0.39 is 0 Å². The predicted molar refractivity (Wildman–Crippen MR) is 58.2 cm³/mol. The summed E-state index contributed by atoms with van der Waals surface area (Å²) in [5, 5.41) is 0. The smallest absolute Gasteiger partial charge is 0.166 e. The van der Waals surface area contributed by atoms with Gasteiger partial charge in [-0.15, -0.1) is 0 Å². The molecule has 1 aliphatic rings. The summed E-state index contributed by atoms with van der Waals surface area (Å²) < 4.78 is 7.67. The van der Waals surface area contributed by atoms with Gasteiger partial charge in [0.25, 0.3) is 0 Å². The Kier molecular flexibility index (Phi) is 3.21. The summed E-state index contributed by atoms with van der Waals surface area (Å²) >= 11 is 0. The van der Waals surface area contributed by atoms with Gasteiger partial charge >= 0.3 is 0 Å². The Morgan fingerprint density at radius 3 is 3.07 bits per heavy atom. The largest absolute Gasteiger partial charge is 0.376 e. The van der Waals surface area contributed by atoms with Gasteiger partial charge in [-0.2, -0.15) is 0 Å². The lowest BCUT2D eigenvalue weighted by Crippen LogP contribution is -2.18. The highest BCUT2D eigenvalue weighted by molar-refractivity contribution is 5.72. The van der Waals surface area contributed by atoms with E-state index in [1.165, 1.54) is 5.69 Å². The van der Waals surface area contributed by atoms with Crippen LogP contribution in [-0.4, -0.2) is 23.6 Å². The molecule has 0 unspecified atom stereocenters. The van der Waals surface area contributed by atoms with Crippen molar-refractivity contribution in [1.29, 1.82) is 0 Å². The molecule has 2 rings (SSSR count). The number of aldehydes is 1. The zero-order chi connectivity index (χ0) is 10.7. The second-order valence-corrected chi connectivity index (χ2v) is 3.97. The number of aromatic nitrogens is 1. The first-order valence-electron chi connectivity index (χ1n) is 5.60. The van der Waals surface area contributed by atoms with Crippen LogP contribution in [0.25, 0.3) is 0 Å². The minimum atomic E-state index is 0.293. The van der Waals surface area contributed by atoms with Gasteiger partial charge < -0.3 is 9.30 Å². The third-order valence-electron chi connectivity index (χ3n) is 3.00. The molecule has 0 N–H and O–H groups in total. The summed E-state index contributed by atoms with van der Waals surface area (Å²) in [4.78, 5) is 10.9. The summed E-state index contributed by atoms with van der Waals surface area (Å²) in [6.45, 7) is 3.80. The topological polar surface area (TPSA) is 31.2 Å². The van der Waals surface area contributed by atoms with Crippen LogP contribution in [0.5, 0.6) is 0 Å². The summed E-state index contributed by atoms with van der Waals surface area (Å²) in [5.41, 5.74) is 1.98. The van der Waals surface area contributed by atoms with Gasteiger partial charge in [-0.1, -0.05) is 6.92 Å². The molecule has 1 atom stereocenters. The molecule has 0 bridgehead atoms. The van der Waals surface area contributed by atoms with Crippen molar-refractivity contribution >= 4 is 6.29 Å². The van der Waals surface area contributed by atoms with Crippen molar-refractivity contribution in [3.63, 3.8) is 0 Å². The highest BCUT2D eigenvalue weighted by atomic mass is 16.5. The highest BCUT2D eigenvalue weighted by Crippen LogP contribution is 2.17. The summed E-state index contributed by atoms with van der Waals surface area (Å²) in [6, 6.07) is 3.92. The number of aryl methyl sites for hydroxylation is 1. The van der Waals surface area contributed by atoms with Gasteiger partial charge in [0.05, 0.1) is 11.8 Å². The van der Waals surface area contributed by atoms with E-state index in [4.69, 9.17) is 4.74 Å². The third-order valence-corrected chi connectivity index (χ3v) is 3.00. The molecule has 1 aliphatic heterocycles. The van der Waals surface area contributed by atoms with E-state index in [1.54, 1.807) is 0 Å². The minimum absolute atomic E-state index is 0.293. The Bertz CT molecular complexity index is 337. The molecule has 0 amide bonds. The van der Waals surface area contributed by atoms with Gasteiger partial charge in [0.2, 0.25) is 0 Å². The molecule has 1 aromatic rings.